The molecule has 2 heterocycles. The van der Waals surface area contributed by atoms with E-state index in [9.17, 15) is 4.79 Å². The lowest BCUT2D eigenvalue weighted by Crippen LogP contribution is -2.30. The average molecular weight is 303 g/mol. The molecular formula is C15H17N3O2S. The number of aromatic nitrogens is 1. The fraction of sp³-hybridized carbons (Fsp3) is 0.333. The van der Waals surface area contributed by atoms with Crippen molar-refractivity contribution >= 4 is 34.3 Å². The number of thioether (sulfide) groups is 1. The number of para-hydroxylation sites is 1. The van der Waals surface area contributed by atoms with Crippen LogP contribution in [0.2, 0.25) is 0 Å². The highest BCUT2D eigenvalue weighted by atomic mass is 32.2. The number of pyridine rings is 1. The van der Waals surface area contributed by atoms with Gasteiger partial charge in [0.25, 0.3) is 0 Å². The number of carbonyl (C=O) groups is 1. The maximum Gasteiger partial charge on any atom is 0.240 e. The molecule has 1 aliphatic rings. The lowest BCUT2D eigenvalue weighted by molar-refractivity contribution is -0.121. The van der Waals surface area contributed by atoms with Crippen molar-refractivity contribution in [2.75, 3.05) is 19.1 Å². The lowest BCUT2D eigenvalue weighted by atomic mass is 10.1. The highest BCUT2D eigenvalue weighted by Gasteiger charge is 2.20. The molecule has 0 spiro atoms. The lowest BCUT2D eigenvalue weighted by Gasteiger charge is -2.15. The predicted octanol–water partition coefficient (Wildman–Crippen LogP) is 2.46. The highest BCUT2D eigenvalue weighted by Crippen LogP contribution is 2.37. The fourth-order valence-corrected chi connectivity index (χ4v) is 3.41. The zero-order chi connectivity index (χ0) is 14.7. The van der Waals surface area contributed by atoms with Gasteiger partial charge in [-0.05, 0) is 6.07 Å². The number of anilines is 1. The number of nitrogens with zero attached hydrogens (tertiary/aromatic N) is 1. The van der Waals surface area contributed by atoms with Crippen LogP contribution in [0.1, 0.15) is 17.7 Å². The van der Waals surface area contributed by atoms with Gasteiger partial charge in [0.2, 0.25) is 5.91 Å². The number of fused-ring (bicyclic) bond motifs is 2. The summed E-state index contributed by atoms with van der Waals surface area (Å²) < 4.78 is 4.91. The van der Waals surface area contributed by atoms with Crippen LogP contribution < -0.4 is 10.9 Å². The van der Waals surface area contributed by atoms with Crippen LogP contribution in [-0.4, -0.2) is 24.6 Å². The largest absolute Gasteiger partial charge is 0.384 e. The van der Waals surface area contributed by atoms with E-state index < -0.39 is 0 Å². The summed E-state index contributed by atoms with van der Waals surface area (Å²) in [5.41, 5.74) is 10.0. The Morgan fingerprint density at radius 1 is 1.38 bits per heavy atom. The maximum atomic E-state index is 11.7. The zero-order valence-corrected chi connectivity index (χ0v) is 12.6. The topological polar surface area (TPSA) is 63.2 Å². The van der Waals surface area contributed by atoms with Crippen LogP contribution in [0.3, 0.4) is 0 Å². The molecule has 0 saturated carbocycles. The Kier molecular flexibility index (Phi) is 4.26. The Labute approximate surface area is 127 Å². The molecular weight excluding hydrogens is 286 g/mol. The third-order valence-electron chi connectivity index (χ3n) is 3.42. The Morgan fingerprint density at radius 3 is 3.10 bits per heavy atom. The molecule has 0 aliphatic carbocycles. The van der Waals surface area contributed by atoms with E-state index in [0.717, 1.165) is 33.8 Å². The van der Waals surface area contributed by atoms with Gasteiger partial charge in [0.05, 0.1) is 29.9 Å². The van der Waals surface area contributed by atoms with Crippen LogP contribution in [0, 0.1) is 0 Å². The number of hydrogen-bond donors (Lipinski definition) is 2. The van der Waals surface area contributed by atoms with Gasteiger partial charge in [-0.1, -0.05) is 18.2 Å². The van der Waals surface area contributed by atoms with Crippen molar-refractivity contribution in [3.8, 4) is 0 Å². The van der Waals surface area contributed by atoms with Crippen molar-refractivity contribution in [3.05, 3.63) is 35.5 Å². The number of nitrogens with one attached hydrogen (secondary N) is 2. The van der Waals surface area contributed by atoms with E-state index in [-0.39, 0.29) is 5.91 Å². The van der Waals surface area contributed by atoms with E-state index in [1.807, 2.05) is 36.0 Å². The number of rotatable bonds is 5. The van der Waals surface area contributed by atoms with Crippen molar-refractivity contribution in [3.63, 3.8) is 0 Å². The number of hydrazine groups is 1. The number of amides is 1. The molecule has 110 valence electrons. The van der Waals surface area contributed by atoms with E-state index in [4.69, 9.17) is 9.72 Å². The maximum absolute atomic E-state index is 11.7. The van der Waals surface area contributed by atoms with E-state index in [2.05, 4.69) is 10.9 Å². The first-order chi connectivity index (χ1) is 10.3. The third-order valence-corrected chi connectivity index (χ3v) is 4.39. The van der Waals surface area contributed by atoms with Gasteiger partial charge in [-0.15, -0.1) is 0 Å². The SMILES string of the molecule is COCCC(=O)NNc1c2c(nc3ccccc13)CSC2. The second kappa shape index (κ2) is 6.32. The molecule has 1 amide bonds. The molecule has 1 aliphatic heterocycles. The monoisotopic (exact) mass is 303 g/mol. The van der Waals surface area contributed by atoms with Crippen molar-refractivity contribution < 1.29 is 9.53 Å². The van der Waals surface area contributed by atoms with Crippen molar-refractivity contribution in [2.24, 2.45) is 0 Å². The standard InChI is InChI=1S/C15H17N3O2S/c1-20-7-6-14(19)17-18-15-10-4-2-3-5-12(10)16-13-9-21-8-11(13)15/h2-5H,6-9H2,1H3,(H,16,18)(H,17,19). The molecule has 5 nitrogen and oxygen atoms in total. The molecule has 0 saturated heterocycles. The van der Waals surface area contributed by atoms with Gasteiger partial charge in [0, 0.05) is 29.6 Å². The minimum Gasteiger partial charge on any atom is -0.384 e. The summed E-state index contributed by atoms with van der Waals surface area (Å²) in [4.78, 5) is 16.4. The van der Waals surface area contributed by atoms with Crippen molar-refractivity contribution in [1.29, 1.82) is 0 Å². The van der Waals surface area contributed by atoms with Gasteiger partial charge in [-0.25, -0.2) is 0 Å². The molecule has 1 aromatic heterocycles. The molecule has 6 heteroatoms. The molecule has 2 aromatic rings. The first-order valence-corrected chi connectivity index (χ1v) is 7.97. The van der Waals surface area contributed by atoms with E-state index >= 15 is 0 Å². The molecule has 0 bridgehead atoms. The summed E-state index contributed by atoms with van der Waals surface area (Å²) >= 11 is 1.84. The minimum atomic E-state index is -0.0860. The smallest absolute Gasteiger partial charge is 0.240 e. The van der Waals surface area contributed by atoms with Crippen LogP contribution in [0.4, 0.5) is 5.69 Å². The number of carbonyl (C=O) groups excluding carboxylic acids is 1. The quantitative estimate of drug-likeness (QED) is 0.831. The minimum absolute atomic E-state index is 0.0860. The van der Waals surface area contributed by atoms with E-state index in [0.29, 0.717) is 13.0 Å². The van der Waals surface area contributed by atoms with Crippen LogP contribution in [0.25, 0.3) is 10.9 Å². The van der Waals surface area contributed by atoms with Crippen LogP contribution in [0.15, 0.2) is 24.3 Å². The van der Waals surface area contributed by atoms with Gasteiger partial charge in [-0.3, -0.25) is 20.6 Å². The van der Waals surface area contributed by atoms with Gasteiger partial charge >= 0.3 is 0 Å². The average Bonchev–Trinajstić information content (AvgIpc) is 2.97. The Balaban J connectivity index is 1.88. The van der Waals surface area contributed by atoms with E-state index in [1.165, 1.54) is 5.56 Å². The summed E-state index contributed by atoms with van der Waals surface area (Å²) in [6.07, 6.45) is 0.337. The normalized spacial score (nSPS) is 13.2. The Hall–Kier alpha value is -1.79. The molecule has 3 rings (SSSR count). The Bertz CT molecular complexity index is 675. The van der Waals surface area contributed by atoms with Crippen molar-refractivity contribution in [2.45, 2.75) is 17.9 Å². The van der Waals surface area contributed by atoms with E-state index in [1.54, 1.807) is 7.11 Å². The summed E-state index contributed by atoms with van der Waals surface area (Å²) in [7, 11) is 1.58. The van der Waals surface area contributed by atoms with Gasteiger partial charge in [-0.2, -0.15) is 11.8 Å². The molecule has 2 N–H and O–H groups in total. The fourth-order valence-electron chi connectivity index (χ4n) is 2.36. The molecule has 0 atom stereocenters. The summed E-state index contributed by atoms with van der Waals surface area (Å²) in [5, 5.41) is 1.03. The van der Waals surface area contributed by atoms with Gasteiger partial charge in [0.15, 0.2) is 0 Å². The molecule has 1 aromatic carbocycles. The molecule has 0 radical (unpaired) electrons. The highest BCUT2D eigenvalue weighted by molar-refractivity contribution is 7.98. The summed E-state index contributed by atoms with van der Waals surface area (Å²) in [5.74, 6) is 1.76. The second-order valence-electron chi connectivity index (χ2n) is 4.84. The third kappa shape index (κ3) is 2.96. The Morgan fingerprint density at radius 2 is 2.24 bits per heavy atom. The molecule has 0 unspecified atom stereocenters. The second-order valence-corrected chi connectivity index (χ2v) is 5.82. The number of ether oxygens (including phenoxy) is 1. The summed E-state index contributed by atoms with van der Waals surface area (Å²) in [6.45, 7) is 0.415. The first kappa shape index (κ1) is 14.2. The number of benzene rings is 1. The zero-order valence-electron chi connectivity index (χ0n) is 11.8. The van der Waals surface area contributed by atoms with Crippen LogP contribution >= 0.6 is 11.8 Å². The molecule has 0 fully saturated rings. The predicted molar refractivity (Wildman–Crippen MR) is 85.0 cm³/mol. The van der Waals surface area contributed by atoms with Crippen LogP contribution in [-0.2, 0) is 21.0 Å². The number of methoxy groups -OCH3 is 1. The van der Waals surface area contributed by atoms with Crippen molar-refractivity contribution in [1.82, 2.24) is 10.4 Å². The molecule has 21 heavy (non-hydrogen) atoms. The number of hydrogen-bond acceptors (Lipinski definition) is 5. The first-order valence-electron chi connectivity index (χ1n) is 6.81. The van der Waals surface area contributed by atoms with Crippen LogP contribution in [0.5, 0.6) is 0 Å². The van der Waals surface area contributed by atoms with Gasteiger partial charge < -0.3 is 4.74 Å². The van der Waals surface area contributed by atoms with Gasteiger partial charge in [0.1, 0.15) is 0 Å². The summed E-state index contributed by atoms with van der Waals surface area (Å²) in [6, 6.07) is 7.98.